The van der Waals surface area contributed by atoms with E-state index in [1.54, 1.807) is 0 Å². The van der Waals surface area contributed by atoms with Gasteiger partial charge in [0.1, 0.15) is 0 Å². The van der Waals surface area contributed by atoms with Gasteiger partial charge in [-0.05, 0) is 44.3 Å². The van der Waals surface area contributed by atoms with E-state index < -0.39 is 36.4 Å². The molecule has 1 spiro atoms. The number of rotatable bonds is 6. The van der Waals surface area contributed by atoms with Crippen LogP contribution in [0.5, 0.6) is 0 Å². The number of likely N-dealkylation sites (tertiary alicyclic amines) is 2. The fraction of sp³-hybridized carbons (Fsp3) is 0.519. The normalized spacial score (nSPS) is 19.8. The maximum atomic E-state index is 10.6. The van der Waals surface area contributed by atoms with Crippen LogP contribution in [0.2, 0.25) is 0 Å². The first-order valence-electron chi connectivity index (χ1n) is 13.3. The van der Waals surface area contributed by atoms with Crippen LogP contribution >= 0.6 is 0 Å². The van der Waals surface area contributed by atoms with E-state index in [-0.39, 0.29) is 0 Å². The number of carboxylic acids is 3. The molecule has 47 heavy (non-hydrogen) atoms. The van der Waals surface area contributed by atoms with E-state index in [1.165, 1.54) is 18.7 Å². The molecule has 3 N–H and O–H groups in total. The van der Waals surface area contributed by atoms with Gasteiger partial charge in [0.05, 0.1) is 24.6 Å². The summed E-state index contributed by atoms with van der Waals surface area (Å²) in [5.74, 6) is -7.68. The van der Waals surface area contributed by atoms with Crippen molar-refractivity contribution < 1.29 is 74.0 Å². The highest BCUT2D eigenvalue weighted by molar-refractivity contribution is 5.73. The minimum Gasteiger partial charge on any atom is -0.475 e. The molecule has 0 aromatic carbocycles. The van der Waals surface area contributed by atoms with Crippen LogP contribution in [-0.4, -0.2) is 111 Å². The minimum atomic E-state index is -5.08. The average Bonchev–Trinajstić information content (AvgIpc) is 3.50. The van der Waals surface area contributed by atoms with Crippen molar-refractivity contribution in [3.63, 3.8) is 0 Å². The molecule has 11 nitrogen and oxygen atoms in total. The third kappa shape index (κ3) is 15.4. The summed E-state index contributed by atoms with van der Waals surface area (Å²) < 4.78 is 101. The number of carboxylic acid groups (broad SMARTS) is 3. The summed E-state index contributed by atoms with van der Waals surface area (Å²) in [6, 6.07) is 12.2. The first-order valence-corrected chi connectivity index (χ1v) is 13.3. The van der Waals surface area contributed by atoms with Gasteiger partial charge in [-0.1, -0.05) is 12.1 Å². The minimum absolute atomic E-state index is 0.355. The summed E-state index contributed by atoms with van der Waals surface area (Å²) in [5, 5.41) is 21.4. The van der Waals surface area contributed by atoms with Crippen LogP contribution in [0.1, 0.15) is 17.8 Å². The number of aliphatic carboxylic acids is 3. The molecule has 4 heterocycles. The maximum Gasteiger partial charge on any atom is 0.490 e. The number of pyridine rings is 2. The summed E-state index contributed by atoms with van der Waals surface area (Å²) in [5.41, 5.74) is 2.53. The van der Waals surface area contributed by atoms with Gasteiger partial charge in [0.15, 0.2) is 0 Å². The van der Waals surface area contributed by atoms with Crippen molar-refractivity contribution in [2.45, 2.75) is 38.1 Å². The highest BCUT2D eigenvalue weighted by Crippen LogP contribution is 2.43. The second-order valence-corrected chi connectivity index (χ2v) is 10.3. The molecule has 264 valence electrons. The third-order valence-corrected chi connectivity index (χ3v) is 6.58. The number of carbonyl (C=O) groups is 3. The van der Waals surface area contributed by atoms with Crippen LogP contribution < -0.4 is 0 Å². The van der Waals surface area contributed by atoms with Crippen LogP contribution in [-0.2, 0) is 32.3 Å². The zero-order valence-electron chi connectivity index (χ0n) is 24.5. The Morgan fingerprint density at radius 3 is 1.66 bits per heavy atom. The lowest BCUT2D eigenvalue weighted by Gasteiger charge is -2.30. The van der Waals surface area contributed by atoms with E-state index in [9.17, 15) is 39.5 Å². The van der Waals surface area contributed by atoms with Crippen molar-refractivity contribution >= 4 is 17.9 Å². The average molecular weight is 695 g/mol. The molecule has 0 amide bonds. The summed E-state index contributed by atoms with van der Waals surface area (Å²) in [6.07, 6.45) is -10.3. The van der Waals surface area contributed by atoms with Crippen molar-refractivity contribution in [2.24, 2.45) is 11.3 Å². The quantitative estimate of drug-likeness (QED) is 0.370. The lowest BCUT2D eigenvalue weighted by molar-refractivity contribution is -0.193. The molecule has 0 aliphatic carbocycles. The highest BCUT2D eigenvalue weighted by Gasteiger charge is 2.49. The Balaban J connectivity index is 0.000000430. The fourth-order valence-corrected chi connectivity index (χ4v) is 4.62. The van der Waals surface area contributed by atoms with Gasteiger partial charge in [-0.15, -0.1) is 0 Å². The second kappa shape index (κ2) is 17.8. The number of halogens is 9. The van der Waals surface area contributed by atoms with E-state index in [1.807, 2.05) is 36.7 Å². The summed E-state index contributed by atoms with van der Waals surface area (Å²) in [7, 11) is 2.24. The van der Waals surface area contributed by atoms with Gasteiger partial charge in [-0.25, -0.2) is 14.4 Å². The molecular weight excluding hydrogens is 663 g/mol. The molecule has 2 aromatic rings. The van der Waals surface area contributed by atoms with E-state index in [0.29, 0.717) is 17.9 Å². The predicted octanol–water partition coefficient (Wildman–Crippen LogP) is 4.35. The summed E-state index contributed by atoms with van der Waals surface area (Å²) >= 11 is 0. The van der Waals surface area contributed by atoms with Crippen molar-refractivity contribution in [1.29, 1.82) is 0 Å². The predicted molar refractivity (Wildman–Crippen MR) is 143 cm³/mol. The van der Waals surface area contributed by atoms with Crippen molar-refractivity contribution in [2.75, 3.05) is 39.8 Å². The Hall–Kier alpha value is -4.04. The second-order valence-electron chi connectivity index (χ2n) is 10.3. The van der Waals surface area contributed by atoms with Gasteiger partial charge in [0.2, 0.25) is 0 Å². The Labute approximate surface area is 261 Å². The SMILES string of the molecule is CN1C[C@H](COCc2ccccn2)[C@]2(CCN(Cc3ccccn3)C2)C1.O=C(O)C(F)(F)F.O=C(O)C(F)(F)F.O=C(O)C(F)(F)F. The number of ether oxygens (including phenoxy) is 1. The highest BCUT2D eigenvalue weighted by atomic mass is 19.4. The Morgan fingerprint density at radius 2 is 1.26 bits per heavy atom. The topological polar surface area (TPSA) is 153 Å². The van der Waals surface area contributed by atoms with Gasteiger partial charge >= 0.3 is 36.4 Å². The van der Waals surface area contributed by atoms with Crippen molar-refractivity contribution in [1.82, 2.24) is 19.8 Å². The monoisotopic (exact) mass is 694 g/mol. The molecule has 2 aliphatic heterocycles. The zero-order chi connectivity index (χ0) is 36.1. The van der Waals surface area contributed by atoms with Crippen molar-refractivity contribution in [3.05, 3.63) is 60.2 Å². The van der Waals surface area contributed by atoms with E-state index in [0.717, 1.165) is 38.5 Å². The van der Waals surface area contributed by atoms with E-state index in [2.05, 4.69) is 38.9 Å². The number of hydrogen-bond acceptors (Lipinski definition) is 8. The Bertz CT molecular complexity index is 1210. The molecule has 2 saturated heterocycles. The number of alkyl halides is 9. The van der Waals surface area contributed by atoms with Gasteiger partial charge in [0.25, 0.3) is 0 Å². The van der Waals surface area contributed by atoms with E-state index >= 15 is 0 Å². The van der Waals surface area contributed by atoms with Gasteiger partial charge < -0.3 is 25.0 Å². The standard InChI is InChI=1S/C21H28N4O.3C2HF3O2/c1-24-12-18(14-26-15-20-7-3-5-10-23-20)21(16-24)8-11-25(17-21)13-19-6-2-4-9-22-19;3*3-2(4,5)1(6)7/h2-7,9-10,18H,8,11-17H2,1H3;3*(H,6,7)/t18-,21-;;;/m1.../s1. The Morgan fingerprint density at radius 1 is 0.809 bits per heavy atom. The molecule has 2 aliphatic rings. The van der Waals surface area contributed by atoms with Crippen LogP contribution in [0, 0.1) is 11.3 Å². The maximum absolute atomic E-state index is 10.6. The van der Waals surface area contributed by atoms with Crippen LogP contribution in [0.3, 0.4) is 0 Å². The van der Waals surface area contributed by atoms with Crippen LogP contribution in [0.25, 0.3) is 0 Å². The summed E-state index contributed by atoms with van der Waals surface area (Å²) in [6.45, 7) is 6.97. The number of aromatic nitrogens is 2. The van der Waals surface area contributed by atoms with Crippen LogP contribution in [0.4, 0.5) is 39.5 Å². The first-order chi connectivity index (χ1) is 21.6. The molecule has 4 rings (SSSR count). The molecule has 2 fully saturated rings. The van der Waals surface area contributed by atoms with Crippen LogP contribution in [0.15, 0.2) is 48.8 Å². The first kappa shape index (κ1) is 41.0. The molecule has 0 bridgehead atoms. The van der Waals surface area contributed by atoms with E-state index in [4.69, 9.17) is 34.4 Å². The number of nitrogens with zero attached hydrogens (tertiary/aromatic N) is 4. The fourth-order valence-electron chi connectivity index (χ4n) is 4.62. The Kier molecular flexibility index (Phi) is 15.5. The van der Waals surface area contributed by atoms with Gasteiger partial charge in [-0.3, -0.25) is 14.9 Å². The van der Waals surface area contributed by atoms with Crippen molar-refractivity contribution in [3.8, 4) is 0 Å². The van der Waals surface area contributed by atoms with Gasteiger partial charge in [0, 0.05) is 49.9 Å². The molecule has 0 unspecified atom stereocenters. The molecule has 0 saturated carbocycles. The lowest BCUT2D eigenvalue weighted by atomic mass is 9.77. The molecular formula is C27H31F9N4O7. The summed E-state index contributed by atoms with van der Waals surface area (Å²) in [4.78, 5) is 40.6. The molecule has 2 aromatic heterocycles. The number of hydrogen-bond donors (Lipinski definition) is 3. The molecule has 2 atom stereocenters. The smallest absolute Gasteiger partial charge is 0.475 e. The van der Waals surface area contributed by atoms with Gasteiger partial charge in [-0.2, -0.15) is 39.5 Å². The largest absolute Gasteiger partial charge is 0.490 e. The zero-order valence-corrected chi connectivity index (χ0v) is 24.5. The molecule has 20 heteroatoms. The third-order valence-electron chi connectivity index (χ3n) is 6.58. The molecule has 0 radical (unpaired) electrons. The lowest BCUT2D eigenvalue weighted by Crippen LogP contribution is -2.36.